The lowest BCUT2D eigenvalue weighted by atomic mass is 10.2. The number of nitrogens with zero attached hydrogens (tertiary/aromatic N) is 3. The number of amides is 1. The summed E-state index contributed by atoms with van der Waals surface area (Å²) in [6.07, 6.45) is 1.57. The van der Waals surface area contributed by atoms with Crippen molar-refractivity contribution in [3.05, 3.63) is 33.9 Å². The monoisotopic (exact) mass is 323 g/mol. The molecular weight excluding hydrogens is 306 g/mol. The lowest BCUT2D eigenvalue weighted by molar-refractivity contribution is -0.115. The Hall–Kier alpha value is -2.15. The van der Waals surface area contributed by atoms with E-state index in [2.05, 4.69) is 20.4 Å². The minimum atomic E-state index is -0.679. The second-order valence-corrected chi connectivity index (χ2v) is 5.65. The number of carbonyl (C=O) groups excluding carboxylic acids is 1. The van der Waals surface area contributed by atoms with Gasteiger partial charge in [-0.25, -0.2) is 4.98 Å². The molecule has 0 aliphatic carbocycles. The Morgan fingerprint density at radius 3 is 2.86 bits per heavy atom. The van der Waals surface area contributed by atoms with Gasteiger partial charge in [-0.2, -0.15) is 9.78 Å². The molecule has 0 aliphatic rings. The van der Waals surface area contributed by atoms with Crippen LogP contribution in [0, 0.1) is 6.92 Å². The minimum Gasteiger partial charge on any atom is -0.309 e. The van der Waals surface area contributed by atoms with Crippen LogP contribution in [0.5, 0.6) is 0 Å². The number of nitrogens with one attached hydrogen (secondary N) is 2. The third-order valence-electron chi connectivity index (χ3n) is 2.93. The van der Waals surface area contributed by atoms with Crippen molar-refractivity contribution in [3.8, 4) is 5.95 Å². The molecule has 2 N–H and O–H groups in total. The van der Waals surface area contributed by atoms with Crippen molar-refractivity contribution in [2.24, 2.45) is 0 Å². The maximum atomic E-state index is 11.8. The average Bonchev–Trinajstić information content (AvgIpc) is 2.79. The smallest absolute Gasteiger partial charge is 0.252 e. The Bertz CT molecular complexity index is 735. The molecule has 1 amide bonds. The molecule has 2 aromatic rings. The van der Waals surface area contributed by atoms with Crippen LogP contribution < -0.4 is 10.9 Å². The van der Waals surface area contributed by atoms with Gasteiger partial charge < -0.3 is 5.32 Å². The Labute approximate surface area is 132 Å². The van der Waals surface area contributed by atoms with E-state index in [0.29, 0.717) is 23.6 Å². The van der Waals surface area contributed by atoms with Crippen LogP contribution in [-0.2, 0) is 11.2 Å². The summed E-state index contributed by atoms with van der Waals surface area (Å²) in [6, 6.07) is 3.14. The van der Waals surface area contributed by atoms with E-state index in [0.717, 1.165) is 6.42 Å². The summed E-state index contributed by atoms with van der Waals surface area (Å²) >= 11 is 5.76. The number of H-pyrrole nitrogens is 1. The third-order valence-corrected chi connectivity index (χ3v) is 3.13. The van der Waals surface area contributed by atoms with E-state index >= 15 is 0 Å². The molecule has 2 rings (SSSR count). The zero-order valence-corrected chi connectivity index (χ0v) is 13.4. The Kier molecular flexibility index (Phi) is 4.97. The normalized spacial score (nSPS) is 12.2. The van der Waals surface area contributed by atoms with Crippen molar-refractivity contribution in [3.63, 3.8) is 0 Å². The zero-order valence-electron chi connectivity index (χ0n) is 12.7. The number of aryl methyl sites for hydroxylation is 2. The maximum absolute atomic E-state index is 11.8. The van der Waals surface area contributed by atoms with Gasteiger partial charge >= 0.3 is 0 Å². The quantitative estimate of drug-likeness (QED) is 0.820. The minimum absolute atomic E-state index is 0.260. The molecule has 0 bridgehead atoms. The first kappa shape index (κ1) is 16.2. The Morgan fingerprint density at radius 1 is 1.50 bits per heavy atom. The molecule has 2 aromatic heterocycles. The summed E-state index contributed by atoms with van der Waals surface area (Å²) in [5, 5.41) is 6.25. The van der Waals surface area contributed by atoms with Gasteiger partial charge in [-0.15, -0.1) is 11.6 Å². The van der Waals surface area contributed by atoms with Crippen LogP contribution in [0.4, 0.5) is 5.82 Å². The van der Waals surface area contributed by atoms with Crippen molar-refractivity contribution < 1.29 is 4.79 Å². The first-order chi connectivity index (χ1) is 10.4. The van der Waals surface area contributed by atoms with Crippen LogP contribution in [-0.4, -0.2) is 31.0 Å². The highest BCUT2D eigenvalue weighted by Crippen LogP contribution is 2.15. The van der Waals surface area contributed by atoms with Crippen LogP contribution in [0.2, 0.25) is 0 Å². The maximum Gasteiger partial charge on any atom is 0.252 e. The van der Waals surface area contributed by atoms with Gasteiger partial charge in [0.05, 0.1) is 5.69 Å². The topological polar surface area (TPSA) is 92.7 Å². The predicted octanol–water partition coefficient (Wildman–Crippen LogP) is 1.78. The summed E-state index contributed by atoms with van der Waals surface area (Å²) in [5.74, 6) is 0.322. The van der Waals surface area contributed by atoms with Crippen LogP contribution in [0.15, 0.2) is 16.9 Å². The first-order valence-corrected chi connectivity index (χ1v) is 7.46. The van der Waals surface area contributed by atoms with Crippen LogP contribution in [0.1, 0.15) is 31.7 Å². The number of rotatable bonds is 5. The summed E-state index contributed by atoms with van der Waals surface area (Å²) < 4.78 is 1.40. The summed E-state index contributed by atoms with van der Waals surface area (Å²) in [7, 11) is 0. The van der Waals surface area contributed by atoms with Crippen molar-refractivity contribution in [1.82, 2.24) is 19.7 Å². The van der Waals surface area contributed by atoms with Crippen molar-refractivity contribution in [2.45, 2.75) is 39.0 Å². The molecule has 22 heavy (non-hydrogen) atoms. The van der Waals surface area contributed by atoms with Crippen molar-refractivity contribution >= 4 is 23.3 Å². The number of hydrogen-bond acceptors (Lipinski definition) is 4. The molecule has 0 radical (unpaired) electrons. The highest BCUT2D eigenvalue weighted by molar-refractivity contribution is 6.32. The molecule has 2 heterocycles. The first-order valence-electron chi connectivity index (χ1n) is 7.03. The molecule has 0 fully saturated rings. The number of hydrogen-bond donors (Lipinski definition) is 2. The number of alkyl halides is 1. The van der Waals surface area contributed by atoms with Gasteiger partial charge in [0.25, 0.3) is 5.56 Å². The lowest BCUT2D eigenvalue weighted by Crippen LogP contribution is -2.23. The van der Waals surface area contributed by atoms with E-state index in [1.54, 1.807) is 19.9 Å². The van der Waals surface area contributed by atoms with E-state index in [-0.39, 0.29) is 17.4 Å². The van der Waals surface area contributed by atoms with Gasteiger partial charge in [0.2, 0.25) is 11.9 Å². The van der Waals surface area contributed by atoms with Crippen LogP contribution in [0.3, 0.4) is 0 Å². The zero-order chi connectivity index (χ0) is 16.3. The van der Waals surface area contributed by atoms with Crippen LogP contribution in [0.25, 0.3) is 5.95 Å². The molecule has 1 atom stereocenters. The van der Waals surface area contributed by atoms with Gasteiger partial charge in [-0.1, -0.05) is 13.3 Å². The number of anilines is 1. The van der Waals surface area contributed by atoms with Gasteiger partial charge in [0.15, 0.2) is 0 Å². The van der Waals surface area contributed by atoms with Crippen molar-refractivity contribution in [2.75, 3.05) is 5.32 Å². The van der Waals surface area contributed by atoms with Gasteiger partial charge in [-0.3, -0.25) is 14.6 Å². The van der Waals surface area contributed by atoms with E-state index in [9.17, 15) is 9.59 Å². The highest BCUT2D eigenvalue weighted by atomic mass is 35.5. The number of aromatic nitrogens is 4. The lowest BCUT2D eigenvalue weighted by Gasteiger charge is -2.09. The molecule has 0 saturated heterocycles. The number of halogens is 1. The third kappa shape index (κ3) is 3.73. The molecule has 0 aromatic carbocycles. The van der Waals surface area contributed by atoms with E-state index in [4.69, 9.17) is 11.6 Å². The largest absolute Gasteiger partial charge is 0.309 e. The number of aromatic amines is 1. The molecule has 0 saturated carbocycles. The molecule has 8 heteroatoms. The van der Waals surface area contributed by atoms with E-state index in [1.165, 1.54) is 10.7 Å². The summed E-state index contributed by atoms with van der Waals surface area (Å²) in [5.41, 5.74) is 1.10. The predicted molar refractivity (Wildman–Crippen MR) is 84.7 cm³/mol. The Morgan fingerprint density at radius 2 is 2.23 bits per heavy atom. The highest BCUT2D eigenvalue weighted by Gasteiger charge is 2.16. The van der Waals surface area contributed by atoms with Gasteiger partial charge in [0, 0.05) is 17.8 Å². The summed E-state index contributed by atoms with van der Waals surface area (Å²) in [6.45, 7) is 5.37. The van der Waals surface area contributed by atoms with Crippen LogP contribution >= 0.6 is 11.6 Å². The SMILES string of the molecule is CCCc1cc(=O)[nH]c(-n2nc(C)cc2NC(=O)[C@H](C)Cl)n1. The van der Waals surface area contributed by atoms with Gasteiger partial charge in [-0.05, 0) is 20.3 Å². The second kappa shape index (κ2) is 6.74. The van der Waals surface area contributed by atoms with E-state index in [1.807, 2.05) is 6.92 Å². The Balaban J connectivity index is 2.44. The fourth-order valence-corrected chi connectivity index (χ4v) is 2.01. The average molecular weight is 324 g/mol. The number of carbonyl (C=O) groups is 1. The molecule has 0 spiro atoms. The molecule has 0 unspecified atom stereocenters. The van der Waals surface area contributed by atoms with Gasteiger partial charge in [0.1, 0.15) is 11.2 Å². The fourth-order valence-electron chi connectivity index (χ4n) is 1.95. The molecular formula is C14H18ClN5O2. The second-order valence-electron chi connectivity index (χ2n) is 5.00. The molecule has 0 aliphatic heterocycles. The molecule has 7 nitrogen and oxygen atoms in total. The van der Waals surface area contributed by atoms with E-state index < -0.39 is 5.38 Å². The van der Waals surface area contributed by atoms with Crippen molar-refractivity contribution in [1.29, 1.82) is 0 Å². The fraction of sp³-hybridized carbons (Fsp3) is 0.429. The summed E-state index contributed by atoms with van der Waals surface area (Å²) in [4.78, 5) is 30.5. The molecule has 118 valence electrons. The standard InChI is InChI=1S/C14H18ClN5O2/c1-4-5-10-7-12(21)18-14(16-10)20-11(6-8(2)19-20)17-13(22)9(3)15/h6-7,9H,4-5H2,1-3H3,(H,17,22)(H,16,18,21)/t9-/m0/s1.